The number of carbonyl (C=O) groups is 1. The Morgan fingerprint density at radius 3 is 2.78 bits per heavy atom. The summed E-state index contributed by atoms with van der Waals surface area (Å²) in [5, 5.41) is 0. The van der Waals surface area contributed by atoms with Crippen molar-refractivity contribution in [2.75, 3.05) is 0 Å². The van der Waals surface area contributed by atoms with Crippen molar-refractivity contribution in [3.8, 4) is 0 Å². The van der Waals surface area contributed by atoms with Gasteiger partial charge in [0.2, 0.25) is 0 Å². The Kier molecular flexibility index (Phi) is 3.52. The third-order valence-electron chi connectivity index (χ3n) is 2.81. The number of carbonyl (C=O) groups excluding carboxylic acids is 1. The Labute approximate surface area is 113 Å². The van der Waals surface area contributed by atoms with Crippen molar-refractivity contribution in [3.05, 3.63) is 56.7 Å². The van der Waals surface area contributed by atoms with E-state index in [-0.39, 0.29) is 17.9 Å². The third kappa shape index (κ3) is 2.46. The summed E-state index contributed by atoms with van der Waals surface area (Å²) in [5.74, 6) is -0.0830. The first-order valence-corrected chi connectivity index (χ1v) is 6.29. The molecule has 0 bridgehead atoms. The highest BCUT2D eigenvalue weighted by atomic mass is 79.9. The van der Waals surface area contributed by atoms with E-state index in [0.717, 1.165) is 10.0 Å². The van der Waals surface area contributed by atoms with Crippen LogP contribution in [-0.2, 0) is 13.6 Å². The lowest BCUT2D eigenvalue weighted by molar-refractivity contribution is 0.0963. The van der Waals surface area contributed by atoms with Gasteiger partial charge in [0.25, 0.3) is 5.56 Å². The number of nitrogens with zero attached hydrogens (tertiary/aromatic N) is 2. The zero-order chi connectivity index (χ0) is 13.3. The summed E-state index contributed by atoms with van der Waals surface area (Å²) in [6.45, 7) is 1.89. The predicted molar refractivity (Wildman–Crippen MR) is 72.9 cm³/mol. The van der Waals surface area contributed by atoms with Crippen LogP contribution in [0.3, 0.4) is 0 Å². The number of hydrogen-bond donors (Lipinski definition) is 0. The Hall–Kier alpha value is -1.62. The molecular formula is C13H13BrN2O2. The van der Waals surface area contributed by atoms with Crippen molar-refractivity contribution in [3.63, 3.8) is 0 Å². The van der Waals surface area contributed by atoms with Crippen molar-refractivity contribution in [2.24, 2.45) is 7.05 Å². The molecule has 0 aliphatic rings. The Balaban J connectivity index is 2.31. The van der Waals surface area contributed by atoms with Crippen LogP contribution >= 0.6 is 15.9 Å². The van der Waals surface area contributed by atoms with Gasteiger partial charge in [0.05, 0.1) is 12.2 Å². The molecule has 2 aromatic rings. The third-order valence-corrected chi connectivity index (χ3v) is 3.64. The largest absolute Gasteiger partial charge is 0.348 e. The van der Waals surface area contributed by atoms with Crippen LogP contribution in [-0.4, -0.2) is 14.9 Å². The fraction of sp³-hybridized carbons (Fsp3) is 0.231. The van der Waals surface area contributed by atoms with E-state index in [9.17, 15) is 9.59 Å². The molecule has 0 fully saturated rings. The van der Waals surface area contributed by atoms with Crippen LogP contribution < -0.4 is 5.56 Å². The topological polar surface area (TPSA) is 44.0 Å². The normalized spacial score (nSPS) is 10.6. The molecule has 94 valence electrons. The summed E-state index contributed by atoms with van der Waals surface area (Å²) in [4.78, 5) is 23.8. The van der Waals surface area contributed by atoms with Gasteiger partial charge in [0.1, 0.15) is 0 Å². The molecule has 18 heavy (non-hydrogen) atoms. The Morgan fingerprint density at radius 1 is 1.44 bits per heavy atom. The molecule has 0 aliphatic carbocycles. The molecule has 0 aliphatic heterocycles. The van der Waals surface area contributed by atoms with E-state index in [4.69, 9.17) is 0 Å². The molecule has 0 saturated carbocycles. The smallest absolute Gasteiger partial charge is 0.251 e. The van der Waals surface area contributed by atoms with Gasteiger partial charge < -0.3 is 9.13 Å². The van der Waals surface area contributed by atoms with Crippen molar-refractivity contribution in [2.45, 2.75) is 13.5 Å². The molecule has 0 aromatic carbocycles. The van der Waals surface area contributed by atoms with Crippen LogP contribution in [0.25, 0.3) is 0 Å². The minimum Gasteiger partial charge on any atom is -0.348 e. The van der Waals surface area contributed by atoms with Crippen LogP contribution in [0, 0.1) is 6.92 Å². The number of halogens is 1. The van der Waals surface area contributed by atoms with Gasteiger partial charge in [-0.3, -0.25) is 9.59 Å². The molecule has 2 rings (SSSR count). The molecular weight excluding hydrogens is 296 g/mol. The lowest BCUT2D eigenvalue weighted by Crippen LogP contribution is -2.24. The van der Waals surface area contributed by atoms with Gasteiger partial charge >= 0.3 is 0 Å². The van der Waals surface area contributed by atoms with E-state index in [0.29, 0.717) is 5.69 Å². The van der Waals surface area contributed by atoms with E-state index < -0.39 is 0 Å². The van der Waals surface area contributed by atoms with Crippen LogP contribution in [0.15, 0.2) is 39.9 Å². The second-order valence-corrected chi connectivity index (χ2v) is 5.05. The quantitative estimate of drug-likeness (QED) is 0.815. The zero-order valence-electron chi connectivity index (χ0n) is 10.2. The van der Waals surface area contributed by atoms with Gasteiger partial charge in [-0.15, -0.1) is 0 Å². The summed E-state index contributed by atoms with van der Waals surface area (Å²) in [5.41, 5.74) is 1.29. The van der Waals surface area contributed by atoms with Gasteiger partial charge in [-0.25, -0.2) is 0 Å². The number of pyridine rings is 1. The van der Waals surface area contributed by atoms with E-state index in [1.165, 1.54) is 10.6 Å². The maximum absolute atomic E-state index is 12.0. The molecule has 0 N–H and O–H groups in total. The lowest BCUT2D eigenvalue weighted by atomic mass is 10.2. The number of aromatic nitrogens is 2. The van der Waals surface area contributed by atoms with E-state index in [1.54, 1.807) is 36.1 Å². The molecule has 0 radical (unpaired) electrons. The zero-order valence-corrected chi connectivity index (χ0v) is 11.8. The summed E-state index contributed by atoms with van der Waals surface area (Å²) in [6, 6.07) is 5.07. The molecule has 2 aromatic heterocycles. The Morgan fingerprint density at radius 2 is 2.17 bits per heavy atom. The van der Waals surface area contributed by atoms with Crippen molar-refractivity contribution >= 4 is 21.7 Å². The molecule has 2 heterocycles. The molecule has 0 saturated heterocycles. The SMILES string of the molecule is Cc1cc(=O)n(CC(=O)c2cccn2C)cc1Br. The first-order chi connectivity index (χ1) is 8.49. The summed E-state index contributed by atoms with van der Waals surface area (Å²) >= 11 is 3.36. The van der Waals surface area contributed by atoms with Crippen molar-refractivity contribution in [1.82, 2.24) is 9.13 Å². The maximum Gasteiger partial charge on any atom is 0.251 e. The van der Waals surface area contributed by atoms with Crippen LogP contribution in [0.5, 0.6) is 0 Å². The first kappa shape index (κ1) is 12.8. The standard InChI is InChI=1S/C13H13BrN2O2/c1-9-6-13(18)16(7-10(9)14)8-12(17)11-4-3-5-15(11)2/h3-7H,8H2,1-2H3. The Bertz CT molecular complexity index is 655. The van der Waals surface area contributed by atoms with Gasteiger partial charge in [-0.05, 0) is 40.5 Å². The van der Waals surface area contributed by atoms with E-state index >= 15 is 0 Å². The average molecular weight is 309 g/mol. The molecule has 0 spiro atoms. The number of hydrogen-bond acceptors (Lipinski definition) is 2. The van der Waals surface area contributed by atoms with Gasteiger partial charge in [0, 0.05) is 30.0 Å². The minimum atomic E-state index is -0.168. The van der Waals surface area contributed by atoms with Crippen LogP contribution in [0.1, 0.15) is 16.1 Å². The summed E-state index contributed by atoms with van der Waals surface area (Å²) < 4.78 is 3.98. The molecule has 5 heteroatoms. The van der Waals surface area contributed by atoms with Crippen LogP contribution in [0.2, 0.25) is 0 Å². The number of aryl methyl sites for hydroxylation is 2. The monoisotopic (exact) mass is 308 g/mol. The number of Topliss-reactive ketones (excluding diaryl/α,β-unsaturated/α-hetero) is 1. The van der Waals surface area contributed by atoms with Gasteiger partial charge in [0.15, 0.2) is 5.78 Å². The highest BCUT2D eigenvalue weighted by molar-refractivity contribution is 9.10. The molecule has 0 unspecified atom stereocenters. The maximum atomic E-state index is 12.0. The van der Waals surface area contributed by atoms with Gasteiger partial charge in [-0.1, -0.05) is 0 Å². The van der Waals surface area contributed by atoms with Gasteiger partial charge in [-0.2, -0.15) is 0 Å². The highest BCUT2D eigenvalue weighted by Crippen LogP contribution is 2.12. The number of ketones is 1. The molecule has 0 atom stereocenters. The second-order valence-electron chi connectivity index (χ2n) is 4.20. The van der Waals surface area contributed by atoms with E-state index in [2.05, 4.69) is 15.9 Å². The summed E-state index contributed by atoms with van der Waals surface area (Å²) in [7, 11) is 1.81. The molecule has 0 amide bonds. The fourth-order valence-electron chi connectivity index (χ4n) is 1.75. The second kappa shape index (κ2) is 4.94. The first-order valence-electron chi connectivity index (χ1n) is 5.50. The molecule has 4 nitrogen and oxygen atoms in total. The summed E-state index contributed by atoms with van der Waals surface area (Å²) in [6.07, 6.45) is 3.46. The minimum absolute atomic E-state index is 0.0512. The lowest BCUT2D eigenvalue weighted by Gasteiger charge is -2.07. The average Bonchev–Trinajstić information content (AvgIpc) is 2.72. The van der Waals surface area contributed by atoms with Crippen LogP contribution in [0.4, 0.5) is 0 Å². The fourth-order valence-corrected chi connectivity index (χ4v) is 2.11. The van der Waals surface area contributed by atoms with E-state index in [1.807, 2.05) is 6.92 Å². The van der Waals surface area contributed by atoms with Crippen molar-refractivity contribution < 1.29 is 4.79 Å². The van der Waals surface area contributed by atoms with Crippen molar-refractivity contribution in [1.29, 1.82) is 0 Å². The highest BCUT2D eigenvalue weighted by Gasteiger charge is 2.11. The number of rotatable bonds is 3. The predicted octanol–water partition coefficient (Wildman–Crippen LogP) is 2.14.